The van der Waals surface area contributed by atoms with Crippen molar-refractivity contribution in [3.8, 4) is 5.75 Å². The molecule has 0 unspecified atom stereocenters. The van der Waals surface area contributed by atoms with Gasteiger partial charge in [-0.15, -0.1) is 0 Å². The quantitative estimate of drug-likeness (QED) is 0.312. The molecule has 6 heteroatoms. The fraction of sp³-hybridized carbons (Fsp3) is 0.286. The molecule has 1 atom stereocenters. The highest BCUT2D eigenvalue weighted by Gasteiger charge is 2.24. The molecular formula is C28H28N2O3S. The van der Waals surface area contributed by atoms with Crippen LogP contribution in [-0.4, -0.2) is 41.7 Å². The van der Waals surface area contributed by atoms with Crippen LogP contribution in [0.15, 0.2) is 77.5 Å². The first kappa shape index (κ1) is 22.6. The molecule has 34 heavy (non-hydrogen) atoms. The summed E-state index contributed by atoms with van der Waals surface area (Å²) in [5.41, 5.74) is 3.60. The molecular weight excluding hydrogens is 444 g/mol. The maximum absolute atomic E-state index is 13.5. The SMILES string of the molecule is O=C(c1ccc2ccccc2n1)N(Cc1cccc(OCCc2ccsc2)c1)C[C@@H]1CCCO1. The molecule has 1 amide bonds. The molecule has 0 N–H and O–H groups in total. The minimum atomic E-state index is -0.0787. The average Bonchev–Trinajstić information content (AvgIpc) is 3.58. The summed E-state index contributed by atoms with van der Waals surface area (Å²) < 4.78 is 11.8. The molecule has 174 valence electrons. The summed E-state index contributed by atoms with van der Waals surface area (Å²) in [4.78, 5) is 20.0. The average molecular weight is 473 g/mol. The van der Waals surface area contributed by atoms with E-state index in [-0.39, 0.29) is 12.0 Å². The zero-order chi connectivity index (χ0) is 23.2. The first-order chi connectivity index (χ1) is 16.7. The second kappa shape index (κ2) is 10.8. The van der Waals surface area contributed by atoms with Gasteiger partial charge in [0, 0.05) is 31.5 Å². The van der Waals surface area contributed by atoms with Crippen LogP contribution in [-0.2, 0) is 17.7 Å². The highest BCUT2D eigenvalue weighted by atomic mass is 32.1. The van der Waals surface area contributed by atoms with Crippen LogP contribution in [0.25, 0.3) is 10.9 Å². The van der Waals surface area contributed by atoms with E-state index in [9.17, 15) is 4.79 Å². The van der Waals surface area contributed by atoms with Gasteiger partial charge in [0.15, 0.2) is 0 Å². The minimum absolute atomic E-state index is 0.0643. The van der Waals surface area contributed by atoms with Crippen molar-refractivity contribution < 1.29 is 14.3 Å². The van der Waals surface area contributed by atoms with Crippen molar-refractivity contribution in [1.82, 2.24) is 9.88 Å². The van der Waals surface area contributed by atoms with Gasteiger partial charge in [-0.2, -0.15) is 11.3 Å². The molecule has 2 aromatic heterocycles. The number of amides is 1. The summed E-state index contributed by atoms with van der Waals surface area (Å²) in [6, 6.07) is 21.8. The summed E-state index contributed by atoms with van der Waals surface area (Å²) in [5.74, 6) is 0.742. The summed E-state index contributed by atoms with van der Waals surface area (Å²) in [5, 5.41) is 5.26. The number of benzene rings is 2. The lowest BCUT2D eigenvalue weighted by molar-refractivity contribution is 0.0503. The molecule has 3 heterocycles. The maximum Gasteiger partial charge on any atom is 0.272 e. The van der Waals surface area contributed by atoms with Crippen LogP contribution >= 0.6 is 11.3 Å². The van der Waals surface area contributed by atoms with Crippen molar-refractivity contribution >= 4 is 28.1 Å². The molecule has 0 aliphatic carbocycles. The number of pyridine rings is 1. The monoisotopic (exact) mass is 472 g/mol. The number of thiophene rings is 1. The van der Waals surface area contributed by atoms with E-state index < -0.39 is 0 Å². The molecule has 4 aromatic rings. The van der Waals surface area contributed by atoms with Crippen LogP contribution in [0.4, 0.5) is 0 Å². The first-order valence-electron chi connectivity index (χ1n) is 11.7. The second-order valence-electron chi connectivity index (χ2n) is 8.59. The normalized spacial score (nSPS) is 15.5. The molecule has 0 saturated carbocycles. The van der Waals surface area contributed by atoms with Gasteiger partial charge in [-0.3, -0.25) is 4.79 Å². The predicted octanol–water partition coefficient (Wildman–Crippen LogP) is 5.74. The van der Waals surface area contributed by atoms with Crippen LogP contribution in [0.1, 0.15) is 34.5 Å². The molecule has 0 radical (unpaired) electrons. The Morgan fingerprint density at radius 1 is 1.09 bits per heavy atom. The third-order valence-corrected chi connectivity index (χ3v) is 6.80. The maximum atomic E-state index is 13.5. The second-order valence-corrected chi connectivity index (χ2v) is 9.37. The van der Waals surface area contributed by atoms with Crippen molar-refractivity contribution in [2.24, 2.45) is 0 Å². The molecule has 2 aromatic carbocycles. The standard InChI is InChI=1S/C28H28N2O3S/c31-28(27-11-10-23-6-1-2-9-26(23)29-27)30(19-25-8-4-14-32-25)18-22-5-3-7-24(17-22)33-15-12-21-13-16-34-20-21/h1-3,5-7,9-11,13,16-17,20,25H,4,8,12,14-15,18-19H2/t25-/m0/s1. The van der Waals surface area contributed by atoms with Gasteiger partial charge >= 0.3 is 0 Å². The lowest BCUT2D eigenvalue weighted by atomic mass is 10.1. The van der Waals surface area contributed by atoms with E-state index in [0.29, 0.717) is 25.4 Å². The predicted molar refractivity (Wildman–Crippen MR) is 135 cm³/mol. The Morgan fingerprint density at radius 2 is 2.03 bits per heavy atom. The van der Waals surface area contributed by atoms with Crippen LogP contribution in [0, 0.1) is 0 Å². The first-order valence-corrected chi connectivity index (χ1v) is 12.7. The van der Waals surface area contributed by atoms with Crippen molar-refractivity contribution in [2.45, 2.75) is 31.9 Å². The van der Waals surface area contributed by atoms with Gasteiger partial charge in [-0.25, -0.2) is 4.98 Å². The van der Waals surface area contributed by atoms with E-state index in [1.807, 2.05) is 65.6 Å². The zero-order valence-corrected chi connectivity index (χ0v) is 19.9. The van der Waals surface area contributed by atoms with E-state index in [4.69, 9.17) is 9.47 Å². The Morgan fingerprint density at radius 3 is 2.88 bits per heavy atom. The Hall–Kier alpha value is -3.22. The fourth-order valence-electron chi connectivity index (χ4n) is 4.28. The lowest BCUT2D eigenvalue weighted by Crippen LogP contribution is -2.37. The Labute approximate surface area is 204 Å². The summed E-state index contributed by atoms with van der Waals surface area (Å²) >= 11 is 1.70. The largest absolute Gasteiger partial charge is 0.493 e. The van der Waals surface area contributed by atoms with Gasteiger partial charge in [0.05, 0.1) is 18.2 Å². The molecule has 1 aliphatic rings. The Bertz CT molecular complexity index is 1240. The molecule has 0 spiro atoms. The van der Waals surface area contributed by atoms with Crippen molar-refractivity contribution in [1.29, 1.82) is 0 Å². The fourth-order valence-corrected chi connectivity index (χ4v) is 4.98. The highest BCUT2D eigenvalue weighted by Crippen LogP contribution is 2.21. The third kappa shape index (κ3) is 5.64. The van der Waals surface area contributed by atoms with Crippen molar-refractivity contribution in [2.75, 3.05) is 19.8 Å². The zero-order valence-electron chi connectivity index (χ0n) is 19.1. The number of fused-ring (bicyclic) bond motifs is 1. The van der Waals surface area contributed by atoms with Gasteiger partial charge in [0.1, 0.15) is 11.4 Å². The summed E-state index contributed by atoms with van der Waals surface area (Å²) in [7, 11) is 0. The van der Waals surface area contributed by atoms with Crippen LogP contribution in [0.3, 0.4) is 0 Å². The Balaban J connectivity index is 1.31. The van der Waals surface area contributed by atoms with Crippen LogP contribution in [0.5, 0.6) is 5.75 Å². The molecule has 5 nitrogen and oxygen atoms in total. The number of carbonyl (C=O) groups excluding carboxylic acids is 1. The third-order valence-electron chi connectivity index (χ3n) is 6.06. The van der Waals surface area contributed by atoms with Crippen LogP contribution < -0.4 is 4.74 Å². The highest BCUT2D eigenvalue weighted by molar-refractivity contribution is 7.07. The minimum Gasteiger partial charge on any atom is -0.493 e. The molecule has 0 bridgehead atoms. The number of hydrogen-bond donors (Lipinski definition) is 0. The number of rotatable bonds is 9. The van der Waals surface area contributed by atoms with Gasteiger partial charge in [0.25, 0.3) is 5.91 Å². The summed E-state index contributed by atoms with van der Waals surface area (Å²) in [6.07, 6.45) is 2.95. The van der Waals surface area contributed by atoms with Crippen LogP contribution in [0.2, 0.25) is 0 Å². The number of ether oxygens (including phenoxy) is 2. The number of aromatic nitrogens is 1. The molecule has 1 fully saturated rings. The van der Waals surface area contributed by atoms with E-state index >= 15 is 0 Å². The number of hydrogen-bond acceptors (Lipinski definition) is 5. The lowest BCUT2D eigenvalue weighted by Gasteiger charge is -2.25. The van der Waals surface area contributed by atoms with Gasteiger partial charge in [-0.1, -0.05) is 36.4 Å². The number of carbonyl (C=O) groups is 1. The topological polar surface area (TPSA) is 51.7 Å². The van der Waals surface area contributed by atoms with E-state index in [1.54, 1.807) is 11.3 Å². The molecule has 1 aliphatic heterocycles. The van der Waals surface area contributed by atoms with E-state index in [2.05, 4.69) is 21.8 Å². The van der Waals surface area contributed by atoms with E-state index in [0.717, 1.165) is 48.1 Å². The van der Waals surface area contributed by atoms with Gasteiger partial charge in [-0.05, 0) is 65.1 Å². The smallest absolute Gasteiger partial charge is 0.272 e. The van der Waals surface area contributed by atoms with E-state index in [1.165, 1.54) is 5.56 Å². The van der Waals surface area contributed by atoms with Crippen molar-refractivity contribution in [3.05, 3.63) is 94.3 Å². The van der Waals surface area contributed by atoms with Crippen molar-refractivity contribution in [3.63, 3.8) is 0 Å². The van der Waals surface area contributed by atoms with Gasteiger partial charge in [0.2, 0.25) is 0 Å². The molecule has 5 rings (SSSR count). The number of para-hydroxylation sites is 1. The van der Waals surface area contributed by atoms with Gasteiger partial charge < -0.3 is 14.4 Å². The summed E-state index contributed by atoms with van der Waals surface area (Å²) in [6.45, 7) is 2.42. The Kier molecular flexibility index (Phi) is 7.17. The molecule has 1 saturated heterocycles. The number of nitrogens with zero attached hydrogens (tertiary/aromatic N) is 2.